The van der Waals surface area contributed by atoms with Crippen LogP contribution in [0.4, 0.5) is 18.2 Å². The summed E-state index contributed by atoms with van der Waals surface area (Å²) in [5.74, 6) is -1.17. The summed E-state index contributed by atoms with van der Waals surface area (Å²) in [7, 11) is -1.83. The first-order valence-electron chi connectivity index (χ1n) is 14.5. The van der Waals surface area contributed by atoms with E-state index in [2.05, 4.69) is 36.1 Å². The van der Waals surface area contributed by atoms with Crippen molar-refractivity contribution in [2.45, 2.75) is 70.6 Å². The van der Waals surface area contributed by atoms with Crippen LogP contribution >= 0.6 is 11.3 Å². The molecule has 45 heavy (non-hydrogen) atoms. The standard InChI is InChI=1S/C31H36F3N3O6S2/c1-6-30(2,3)18-13-14-20-23(16-18)44-27(26(20)28(39)43-5)37-25(38)12-9-15-45(40,41)29-35-21(17-24(36-29)31(32,33)34)19-10-7-8-11-22(19)42-4/h7-8,10-11,17-18H,6,9,12-16H2,1-5H3,(H,37,38)/t18-/m0/s1. The molecule has 1 aromatic carbocycles. The number of anilines is 1. The number of fused-ring (bicyclic) bond motifs is 1. The number of nitrogens with one attached hydrogen (secondary N) is 1. The summed E-state index contributed by atoms with van der Waals surface area (Å²) in [6, 6.07) is 6.80. The molecule has 0 unspecified atom stereocenters. The number of benzene rings is 1. The SMILES string of the molecule is CCC(C)(C)[C@H]1CCc2c(sc(NC(=O)CCCS(=O)(=O)c3nc(-c4ccccc4OC)cc(C(F)(F)F)n3)c2C(=O)OC)C1. The average Bonchev–Trinajstić information content (AvgIpc) is 3.36. The molecule has 0 fully saturated rings. The molecular weight excluding hydrogens is 631 g/mol. The van der Waals surface area contributed by atoms with Crippen LogP contribution in [0.1, 0.15) is 72.9 Å². The highest BCUT2D eigenvalue weighted by Crippen LogP contribution is 2.45. The molecule has 0 bridgehead atoms. The topological polar surface area (TPSA) is 125 Å². The number of ether oxygens (including phenoxy) is 2. The van der Waals surface area contributed by atoms with Gasteiger partial charge in [0.25, 0.3) is 0 Å². The van der Waals surface area contributed by atoms with Crippen LogP contribution in [-0.2, 0) is 38.4 Å². The molecule has 2 aromatic heterocycles. The minimum absolute atomic E-state index is 0.110. The maximum atomic E-state index is 13.7. The molecule has 1 aliphatic rings. The van der Waals surface area contributed by atoms with Crippen LogP contribution in [0.15, 0.2) is 35.5 Å². The van der Waals surface area contributed by atoms with Crippen molar-refractivity contribution in [1.82, 2.24) is 9.97 Å². The number of esters is 1. The Morgan fingerprint density at radius 1 is 1.13 bits per heavy atom. The van der Waals surface area contributed by atoms with Gasteiger partial charge in [-0.3, -0.25) is 4.79 Å². The van der Waals surface area contributed by atoms with Gasteiger partial charge in [0.15, 0.2) is 0 Å². The molecule has 1 atom stereocenters. The molecule has 0 spiro atoms. The number of nitrogens with zero attached hydrogens (tertiary/aromatic N) is 2. The van der Waals surface area contributed by atoms with Crippen molar-refractivity contribution in [1.29, 1.82) is 0 Å². The van der Waals surface area contributed by atoms with Crippen LogP contribution in [0.5, 0.6) is 5.75 Å². The molecule has 244 valence electrons. The monoisotopic (exact) mass is 667 g/mol. The normalized spacial score (nSPS) is 15.3. The van der Waals surface area contributed by atoms with Gasteiger partial charge in [0.1, 0.15) is 16.4 Å². The van der Waals surface area contributed by atoms with E-state index in [1.807, 2.05) is 0 Å². The van der Waals surface area contributed by atoms with Gasteiger partial charge in [-0.15, -0.1) is 11.3 Å². The minimum Gasteiger partial charge on any atom is -0.496 e. The van der Waals surface area contributed by atoms with E-state index in [-0.39, 0.29) is 35.3 Å². The molecule has 3 aromatic rings. The first kappa shape index (κ1) is 34.4. The number of aromatic nitrogens is 2. The van der Waals surface area contributed by atoms with Gasteiger partial charge in [-0.05, 0) is 60.8 Å². The Morgan fingerprint density at radius 2 is 1.84 bits per heavy atom. The summed E-state index contributed by atoms with van der Waals surface area (Å²) in [5.41, 5.74) is -0.246. The molecule has 0 aliphatic heterocycles. The Kier molecular flexibility index (Phi) is 10.3. The van der Waals surface area contributed by atoms with Crippen LogP contribution in [0.2, 0.25) is 0 Å². The molecule has 2 heterocycles. The molecule has 1 amide bonds. The van der Waals surface area contributed by atoms with Crippen LogP contribution in [0, 0.1) is 11.3 Å². The number of alkyl halides is 3. The number of carbonyl (C=O) groups excluding carboxylic acids is 2. The molecular formula is C31H36F3N3O6S2. The number of sulfone groups is 1. The number of rotatable bonds is 11. The Labute approximate surface area is 264 Å². The zero-order valence-electron chi connectivity index (χ0n) is 25.7. The highest BCUT2D eigenvalue weighted by Gasteiger charge is 2.37. The third kappa shape index (κ3) is 7.66. The van der Waals surface area contributed by atoms with E-state index in [0.717, 1.165) is 29.7 Å². The second-order valence-electron chi connectivity index (χ2n) is 11.6. The summed E-state index contributed by atoms with van der Waals surface area (Å²) < 4.78 is 77.5. The lowest BCUT2D eigenvalue weighted by molar-refractivity contribution is -0.141. The van der Waals surface area contributed by atoms with E-state index >= 15 is 0 Å². The number of hydrogen-bond donors (Lipinski definition) is 1. The van der Waals surface area contributed by atoms with E-state index in [9.17, 15) is 31.2 Å². The van der Waals surface area contributed by atoms with Crippen LogP contribution < -0.4 is 10.1 Å². The number of thiophene rings is 1. The Hall–Kier alpha value is -3.52. The van der Waals surface area contributed by atoms with Crippen molar-refractivity contribution in [3.05, 3.63) is 52.0 Å². The van der Waals surface area contributed by atoms with Crippen LogP contribution in [0.25, 0.3) is 11.3 Å². The fourth-order valence-corrected chi connectivity index (χ4v) is 7.87. The maximum Gasteiger partial charge on any atom is 0.433 e. The number of amides is 1. The molecule has 1 N–H and O–H groups in total. The van der Waals surface area contributed by atoms with E-state index in [4.69, 9.17) is 9.47 Å². The Bertz CT molecular complexity index is 1690. The van der Waals surface area contributed by atoms with E-state index in [1.165, 1.54) is 37.7 Å². The fourth-order valence-electron chi connectivity index (χ4n) is 5.35. The van der Waals surface area contributed by atoms with Crippen LogP contribution in [0.3, 0.4) is 0 Å². The molecule has 9 nitrogen and oxygen atoms in total. The molecule has 0 radical (unpaired) electrons. The van der Waals surface area contributed by atoms with E-state index in [1.54, 1.807) is 12.1 Å². The number of halogens is 3. The molecule has 0 saturated carbocycles. The molecule has 14 heteroatoms. The quantitative estimate of drug-likeness (QED) is 0.176. The van der Waals surface area contributed by atoms with Crippen molar-refractivity contribution >= 4 is 38.1 Å². The van der Waals surface area contributed by atoms with Gasteiger partial charge in [0, 0.05) is 16.9 Å². The Balaban J connectivity index is 1.51. The van der Waals surface area contributed by atoms with Gasteiger partial charge in [-0.1, -0.05) is 39.3 Å². The van der Waals surface area contributed by atoms with Crippen LogP contribution in [-0.4, -0.2) is 50.2 Å². The van der Waals surface area contributed by atoms with E-state index in [0.29, 0.717) is 29.0 Å². The summed E-state index contributed by atoms with van der Waals surface area (Å²) in [6.07, 6.45) is -2.08. The number of methoxy groups -OCH3 is 2. The van der Waals surface area contributed by atoms with Crippen molar-refractivity contribution in [3.8, 4) is 17.0 Å². The summed E-state index contributed by atoms with van der Waals surface area (Å²) >= 11 is 1.32. The van der Waals surface area contributed by atoms with E-state index < -0.39 is 44.5 Å². The predicted molar refractivity (Wildman–Crippen MR) is 164 cm³/mol. The molecule has 4 rings (SSSR count). The first-order valence-corrected chi connectivity index (χ1v) is 16.9. The second-order valence-corrected chi connectivity index (χ2v) is 14.7. The van der Waals surface area contributed by atoms with Gasteiger partial charge < -0.3 is 14.8 Å². The lowest BCUT2D eigenvalue weighted by Crippen LogP contribution is -2.28. The third-order valence-electron chi connectivity index (χ3n) is 8.40. The van der Waals surface area contributed by atoms with Gasteiger partial charge in [-0.25, -0.2) is 23.2 Å². The maximum absolute atomic E-state index is 13.7. The zero-order chi connectivity index (χ0) is 33.2. The molecule has 0 saturated heterocycles. The van der Waals surface area contributed by atoms with Gasteiger partial charge in [0.05, 0.1) is 31.2 Å². The highest BCUT2D eigenvalue weighted by molar-refractivity contribution is 7.91. The van der Waals surface area contributed by atoms with Gasteiger partial charge in [-0.2, -0.15) is 13.2 Å². The fraction of sp³-hybridized carbons (Fsp3) is 0.484. The van der Waals surface area contributed by atoms with Crippen molar-refractivity contribution in [2.24, 2.45) is 11.3 Å². The van der Waals surface area contributed by atoms with Gasteiger partial charge >= 0.3 is 12.1 Å². The predicted octanol–water partition coefficient (Wildman–Crippen LogP) is 6.75. The number of carbonyl (C=O) groups is 2. The Morgan fingerprint density at radius 3 is 2.49 bits per heavy atom. The van der Waals surface area contributed by atoms with Crippen molar-refractivity contribution in [3.63, 3.8) is 0 Å². The molecule has 1 aliphatic carbocycles. The summed E-state index contributed by atoms with van der Waals surface area (Å²) in [5, 5.41) is 2.09. The summed E-state index contributed by atoms with van der Waals surface area (Å²) in [4.78, 5) is 33.9. The number of para-hydroxylation sites is 1. The highest BCUT2D eigenvalue weighted by atomic mass is 32.2. The summed E-state index contributed by atoms with van der Waals surface area (Å²) in [6.45, 7) is 6.59. The first-order chi connectivity index (χ1) is 21.1. The second kappa shape index (κ2) is 13.5. The van der Waals surface area contributed by atoms with Crippen molar-refractivity contribution in [2.75, 3.05) is 25.3 Å². The van der Waals surface area contributed by atoms with Crippen molar-refractivity contribution < 1.29 is 40.7 Å². The number of hydrogen-bond acceptors (Lipinski definition) is 9. The lowest BCUT2D eigenvalue weighted by Gasteiger charge is -2.36. The average molecular weight is 668 g/mol. The zero-order valence-corrected chi connectivity index (χ0v) is 27.3. The third-order valence-corrected chi connectivity index (χ3v) is 11.1. The largest absolute Gasteiger partial charge is 0.496 e. The lowest BCUT2D eigenvalue weighted by atomic mass is 9.69. The van der Waals surface area contributed by atoms with Gasteiger partial charge in [0.2, 0.25) is 20.9 Å². The minimum atomic E-state index is -4.94. The smallest absolute Gasteiger partial charge is 0.433 e.